The van der Waals surface area contributed by atoms with Gasteiger partial charge in [0.1, 0.15) is 0 Å². The van der Waals surface area contributed by atoms with E-state index >= 15 is 0 Å². The Morgan fingerprint density at radius 2 is 0.721 bits per heavy atom. The van der Waals surface area contributed by atoms with Gasteiger partial charge in [-0.1, -0.05) is 200 Å². The largest absolute Gasteiger partial charge is 0.247 e. The molecular weight excluding hydrogens is 761 g/mol. The van der Waals surface area contributed by atoms with Gasteiger partial charge in [-0.05, 0) is 51.6 Å². The van der Waals surface area contributed by atoms with Crippen molar-refractivity contribution in [2.24, 2.45) is 0 Å². The van der Waals surface area contributed by atoms with Gasteiger partial charge in [0.15, 0.2) is 17.5 Å². The van der Waals surface area contributed by atoms with Crippen molar-refractivity contribution in [2.45, 2.75) is 0 Å². The highest BCUT2D eigenvalue weighted by atomic mass is 32.1. The van der Waals surface area contributed by atoms with E-state index in [2.05, 4.69) is 206 Å². The van der Waals surface area contributed by atoms with Gasteiger partial charge in [-0.2, -0.15) is 0 Å². The molecule has 0 N–H and O–H groups in total. The fraction of sp³-hybridized carbons (Fsp3) is 0. The molecule has 286 valence electrons. The Morgan fingerprint density at radius 1 is 0.295 bits per heavy atom. The van der Waals surface area contributed by atoms with E-state index in [0.29, 0.717) is 17.5 Å². The number of rotatable bonds is 8. The number of para-hydroxylation sites is 1. The first kappa shape index (κ1) is 36.2. The highest BCUT2D eigenvalue weighted by Crippen LogP contribution is 2.50. The SMILES string of the molecule is c1ccc(-c2cccc(-c3nc(-c4ccc(-c5c(-c6ccccc6)sc6c5c(-c5ccccc5)nc5ccccc56)cc4)nc(-c4cccc(-c5ccccc5)c4)n3)c2)cc1. The van der Waals surface area contributed by atoms with Crippen molar-refractivity contribution >= 4 is 32.3 Å². The molecule has 0 bridgehead atoms. The van der Waals surface area contributed by atoms with Gasteiger partial charge in [0, 0.05) is 48.2 Å². The summed E-state index contributed by atoms with van der Waals surface area (Å²) in [6.07, 6.45) is 0. The molecule has 0 atom stereocenters. The van der Waals surface area contributed by atoms with Crippen molar-refractivity contribution in [2.75, 3.05) is 0 Å². The van der Waals surface area contributed by atoms with E-state index in [0.717, 1.165) is 72.1 Å². The zero-order valence-corrected chi connectivity index (χ0v) is 33.8. The molecule has 0 saturated carbocycles. The maximum Gasteiger partial charge on any atom is 0.164 e. The fourth-order valence-electron chi connectivity index (χ4n) is 8.15. The van der Waals surface area contributed by atoms with Gasteiger partial charge in [-0.25, -0.2) is 19.9 Å². The van der Waals surface area contributed by atoms with Gasteiger partial charge >= 0.3 is 0 Å². The first-order chi connectivity index (χ1) is 30.2. The molecule has 3 heterocycles. The molecule has 0 spiro atoms. The van der Waals surface area contributed by atoms with Crippen LogP contribution in [-0.2, 0) is 0 Å². The van der Waals surface area contributed by atoms with Crippen LogP contribution in [0.3, 0.4) is 0 Å². The molecular formula is C56H36N4S. The highest BCUT2D eigenvalue weighted by Gasteiger charge is 2.23. The van der Waals surface area contributed by atoms with Crippen molar-refractivity contribution in [3.05, 3.63) is 218 Å². The number of benzene rings is 8. The van der Waals surface area contributed by atoms with Gasteiger partial charge in [0.25, 0.3) is 0 Å². The predicted octanol–water partition coefficient (Wildman–Crippen LogP) is 15.0. The van der Waals surface area contributed by atoms with Gasteiger partial charge in [0.05, 0.1) is 11.2 Å². The monoisotopic (exact) mass is 796 g/mol. The van der Waals surface area contributed by atoms with Crippen LogP contribution in [0.2, 0.25) is 0 Å². The summed E-state index contributed by atoms with van der Waals surface area (Å²) < 4.78 is 1.23. The number of nitrogens with zero attached hydrogens (tertiary/aromatic N) is 4. The lowest BCUT2D eigenvalue weighted by Gasteiger charge is -2.12. The zero-order chi connectivity index (χ0) is 40.5. The lowest BCUT2D eigenvalue weighted by molar-refractivity contribution is 1.07. The van der Waals surface area contributed by atoms with Crippen LogP contribution in [0.5, 0.6) is 0 Å². The first-order valence-electron chi connectivity index (χ1n) is 20.4. The molecule has 3 aromatic heterocycles. The summed E-state index contributed by atoms with van der Waals surface area (Å²) in [5.41, 5.74) is 13.7. The van der Waals surface area contributed by atoms with Crippen LogP contribution < -0.4 is 0 Å². The number of pyridine rings is 1. The van der Waals surface area contributed by atoms with Gasteiger partial charge in [0.2, 0.25) is 0 Å². The molecule has 11 aromatic rings. The summed E-state index contributed by atoms with van der Waals surface area (Å²) in [6.45, 7) is 0. The topological polar surface area (TPSA) is 51.6 Å². The van der Waals surface area contributed by atoms with E-state index in [1.165, 1.54) is 20.7 Å². The Bertz CT molecular complexity index is 3230. The molecule has 8 aromatic carbocycles. The second-order valence-corrected chi connectivity index (χ2v) is 16.0. The summed E-state index contributed by atoms with van der Waals surface area (Å²) in [5.74, 6) is 1.85. The Balaban J connectivity index is 1.09. The van der Waals surface area contributed by atoms with Crippen LogP contribution in [0.4, 0.5) is 0 Å². The van der Waals surface area contributed by atoms with Crippen molar-refractivity contribution in [3.63, 3.8) is 0 Å². The number of hydrogen-bond acceptors (Lipinski definition) is 5. The summed E-state index contributed by atoms with van der Waals surface area (Å²) in [6, 6.07) is 76.2. The van der Waals surface area contributed by atoms with Gasteiger partial charge in [-0.3, -0.25) is 0 Å². The number of thiophene rings is 1. The van der Waals surface area contributed by atoms with Crippen LogP contribution in [-0.4, -0.2) is 19.9 Å². The maximum atomic E-state index is 5.34. The molecule has 5 heteroatoms. The molecule has 61 heavy (non-hydrogen) atoms. The second kappa shape index (κ2) is 15.7. The van der Waals surface area contributed by atoms with E-state index < -0.39 is 0 Å². The van der Waals surface area contributed by atoms with E-state index in [9.17, 15) is 0 Å². The van der Waals surface area contributed by atoms with Crippen LogP contribution >= 0.6 is 11.3 Å². The molecule has 0 amide bonds. The van der Waals surface area contributed by atoms with Gasteiger partial charge in [-0.15, -0.1) is 11.3 Å². The van der Waals surface area contributed by atoms with Crippen LogP contribution in [0.15, 0.2) is 218 Å². The summed E-state index contributed by atoms with van der Waals surface area (Å²) in [5, 5.41) is 2.31. The third kappa shape index (κ3) is 6.97. The van der Waals surface area contributed by atoms with Crippen molar-refractivity contribution in [3.8, 4) is 89.2 Å². The summed E-state index contributed by atoms with van der Waals surface area (Å²) in [4.78, 5) is 22.1. The molecule has 11 rings (SSSR count). The molecule has 0 unspecified atom stereocenters. The number of hydrogen-bond donors (Lipinski definition) is 0. The molecule has 0 aliphatic heterocycles. The quantitative estimate of drug-likeness (QED) is 0.154. The third-order valence-electron chi connectivity index (χ3n) is 11.1. The van der Waals surface area contributed by atoms with Gasteiger partial charge < -0.3 is 0 Å². The fourth-order valence-corrected chi connectivity index (χ4v) is 9.51. The number of aromatic nitrogens is 4. The first-order valence-corrected chi connectivity index (χ1v) is 21.2. The minimum atomic E-state index is 0.609. The normalized spacial score (nSPS) is 11.3. The van der Waals surface area contributed by atoms with Crippen molar-refractivity contribution in [1.29, 1.82) is 0 Å². The van der Waals surface area contributed by atoms with E-state index in [4.69, 9.17) is 19.9 Å². The zero-order valence-electron chi connectivity index (χ0n) is 33.0. The Labute approximate surface area is 358 Å². The average molecular weight is 797 g/mol. The molecule has 0 fully saturated rings. The third-order valence-corrected chi connectivity index (χ3v) is 12.4. The highest BCUT2D eigenvalue weighted by molar-refractivity contribution is 7.24. The van der Waals surface area contributed by atoms with Crippen LogP contribution in [0.1, 0.15) is 0 Å². The second-order valence-electron chi connectivity index (χ2n) is 15.0. The van der Waals surface area contributed by atoms with E-state index in [1.54, 1.807) is 0 Å². The molecule has 0 radical (unpaired) electrons. The molecule has 0 saturated heterocycles. The minimum absolute atomic E-state index is 0.609. The smallest absolute Gasteiger partial charge is 0.164 e. The lowest BCUT2D eigenvalue weighted by Crippen LogP contribution is -2.00. The van der Waals surface area contributed by atoms with Crippen molar-refractivity contribution in [1.82, 2.24) is 19.9 Å². The molecule has 0 aliphatic rings. The minimum Gasteiger partial charge on any atom is -0.247 e. The molecule has 4 nitrogen and oxygen atoms in total. The van der Waals surface area contributed by atoms with E-state index in [-0.39, 0.29) is 0 Å². The number of fused-ring (bicyclic) bond motifs is 3. The maximum absolute atomic E-state index is 5.34. The summed E-state index contributed by atoms with van der Waals surface area (Å²) in [7, 11) is 0. The average Bonchev–Trinajstić information content (AvgIpc) is 3.76. The Hall–Kier alpha value is -7.86. The molecule has 0 aliphatic carbocycles. The predicted molar refractivity (Wildman–Crippen MR) is 254 cm³/mol. The standard InChI is InChI=1S/C56H36N4S/c1-5-17-37(18-6-1)43-25-15-27-45(35-43)55-58-54(59-56(60-55)46-28-16-26-44(36-46)38-19-7-2-8-20-38)42-33-31-39(32-34-42)49-50-51(40-21-9-3-10-22-40)57-48-30-14-13-29-47(48)53(50)61-52(49)41-23-11-4-12-24-41/h1-36H. The Kier molecular flexibility index (Phi) is 9.34. The lowest BCUT2D eigenvalue weighted by atomic mass is 9.94. The van der Waals surface area contributed by atoms with Crippen LogP contribution in [0, 0.1) is 0 Å². The Morgan fingerprint density at radius 3 is 1.28 bits per heavy atom. The summed E-state index contributed by atoms with van der Waals surface area (Å²) >= 11 is 1.84. The van der Waals surface area contributed by atoms with Crippen LogP contribution in [0.25, 0.3) is 110 Å². The van der Waals surface area contributed by atoms with E-state index in [1.807, 2.05) is 23.5 Å². The van der Waals surface area contributed by atoms with Crippen molar-refractivity contribution < 1.29 is 0 Å².